The summed E-state index contributed by atoms with van der Waals surface area (Å²) in [6.07, 6.45) is 6.48. The van der Waals surface area contributed by atoms with Gasteiger partial charge in [0.25, 0.3) is 5.56 Å². The van der Waals surface area contributed by atoms with Crippen molar-refractivity contribution in [1.29, 1.82) is 0 Å². The topological polar surface area (TPSA) is 108 Å². The number of fused-ring (bicyclic) bond motifs is 2. The van der Waals surface area contributed by atoms with Crippen molar-refractivity contribution in [3.8, 4) is 22.7 Å². The Morgan fingerprint density at radius 3 is 2.58 bits per heavy atom. The molecule has 1 aliphatic rings. The van der Waals surface area contributed by atoms with E-state index >= 15 is 0 Å². The first-order valence-corrected chi connectivity index (χ1v) is 11.9. The van der Waals surface area contributed by atoms with Crippen molar-refractivity contribution in [3.63, 3.8) is 0 Å². The molecule has 0 aliphatic heterocycles. The van der Waals surface area contributed by atoms with E-state index in [-0.39, 0.29) is 11.5 Å². The predicted molar refractivity (Wildman–Crippen MR) is 140 cm³/mol. The molecule has 0 amide bonds. The molecule has 0 saturated heterocycles. The fraction of sp³-hybridized carbons (Fsp3) is 0.250. The van der Waals surface area contributed by atoms with Crippen LogP contribution < -0.4 is 16.0 Å². The molecule has 8 nitrogen and oxygen atoms in total. The first-order valence-electron chi connectivity index (χ1n) is 11.9. The van der Waals surface area contributed by atoms with Crippen LogP contribution in [-0.2, 0) is 0 Å². The van der Waals surface area contributed by atoms with E-state index in [0.29, 0.717) is 41.0 Å². The van der Waals surface area contributed by atoms with E-state index in [2.05, 4.69) is 4.98 Å². The molecule has 6 rings (SSSR count). The fourth-order valence-electron chi connectivity index (χ4n) is 5.28. The standard InChI is InChI=1S/C28H27N5O3/c1-16-4-7-19(8-5-16)33-15-22(36-3)20-9-6-17(12-21(20)27(33)34)23-24-25(29)30-10-11-32(24)26(31-23)18-13-28(2,35)14-18/h4-12,15,18,35H,13-14H2,1-3H3,(H2,29,30). The lowest BCUT2D eigenvalue weighted by molar-refractivity contribution is -0.0335. The number of aliphatic hydroxyl groups is 1. The van der Waals surface area contributed by atoms with Gasteiger partial charge in [-0.2, -0.15) is 0 Å². The highest BCUT2D eigenvalue weighted by molar-refractivity contribution is 5.94. The summed E-state index contributed by atoms with van der Waals surface area (Å²) < 4.78 is 9.21. The first kappa shape index (κ1) is 22.3. The van der Waals surface area contributed by atoms with Gasteiger partial charge in [-0.15, -0.1) is 0 Å². The van der Waals surface area contributed by atoms with Crippen LogP contribution in [0.5, 0.6) is 5.75 Å². The Hall–Kier alpha value is -4.17. The molecule has 182 valence electrons. The second-order valence-electron chi connectivity index (χ2n) is 9.92. The molecule has 0 bridgehead atoms. The van der Waals surface area contributed by atoms with Crippen LogP contribution in [0, 0.1) is 6.92 Å². The van der Waals surface area contributed by atoms with Gasteiger partial charge in [-0.3, -0.25) is 13.8 Å². The molecule has 2 aromatic carbocycles. The summed E-state index contributed by atoms with van der Waals surface area (Å²) in [6, 6.07) is 13.4. The number of nitrogen functional groups attached to an aromatic ring is 1. The Labute approximate surface area is 207 Å². The molecule has 3 aromatic heterocycles. The molecule has 1 fully saturated rings. The Balaban J connectivity index is 1.57. The van der Waals surface area contributed by atoms with E-state index in [0.717, 1.165) is 28.0 Å². The zero-order chi connectivity index (χ0) is 25.2. The summed E-state index contributed by atoms with van der Waals surface area (Å²) in [7, 11) is 1.60. The number of rotatable bonds is 4. The summed E-state index contributed by atoms with van der Waals surface area (Å²) in [5, 5.41) is 11.5. The second kappa shape index (κ2) is 7.93. The summed E-state index contributed by atoms with van der Waals surface area (Å²) in [5.41, 5.74) is 9.47. The van der Waals surface area contributed by atoms with Crippen molar-refractivity contribution in [2.75, 3.05) is 12.8 Å². The number of pyridine rings is 1. The van der Waals surface area contributed by atoms with E-state index in [1.165, 1.54) is 0 Å². The number of hydrogen-bond acceptors (Lipinski definition) is 6. The smallest absolute Gasteiger partial charge is 0.263 e. The average Bonchev–Trinajstić information content (AvgIpc) is 3.24. The number of hydrogen-bond donors (Lipinski definition) is 2. The molecule has 0 atom stereocenters. The Morgan fingerprint density at radius 1 is 1.14 bits per heavy atom. The largest absolute Gasteiger partial charge is 0.495 e. The van der Waals surface area contributed by atoms with E-state index in [1.54, 1.807) is 24.1 Å². The first-order chi connectivity index (χ1) is 17.3. The lowest BCUT2D eigenvalue weighted by Gasteiger charge is -2.40. The van der Waals surface area contributed by atoms with Crippen LogP contribution in [0.2, 0.25) is 0 Å². The van der Waals surface area contributed by atoms with Crippen LogP contribution >= 0.6 is 0 Å². The third kappa shape index (κ3) is 3.45. The highest BCUT2D eigenvalue weighted by Gasteiger charge is 2.41. The van der Waals surface area contributed by atoms with Crippen LogP contribution in [0.4, 0.5) is 5.82 Å². The highest BCUT2D eigenvalue weighted by atomic mass is 16.5. The lowest BCUT2D eigenvalue weighted by Crippen LogP contribution is -2.40. The molecule has 0 unspecified atom stereocenters. The molecule has 3 N–H and O–H groups in total. The van der Waals surface area contributed by atoms with Crippen LogP contribution in [0.25, 0.3) is 33.2 Å². The fourth-order valence-corrected chi connectivity index (χ4v) is 5.28. The SMILES string of the molecule is COc1cn(-c2ccc(C)cc2)c(=O)c2cc(-c3nc(C4CC(C)(O)C4)n4ccnc(N)c34)ccc12. The van der Waals surface area contributed by atoms with Gasteiger partial charge in [0.15, 0.2) is 0 Å². The number of imidazole rings is 1. The third-order valence-corrected chi connectivity index (χ3v) is 7.13. The zero-order valence-electron chi connectivity index (χ0n) is 20.4. The van der Waals surface area contributed by atoms with Crippen LogP contribution in [0.3, 0.4) is 0 Å². The van der Waals surface area contributed by atoms with Crippen molar-refractivity contribution in [2.24, 2.45) is 0 Å². The van der Waals surface area contributed by atoms with E-state index in [4.69, 9.17) is 15.5 Å². The summed E-state index contributed by atoms with van der Waals surface area (Å²) >= 11 is 0. The molecule has 36 heavy (non-hydrogen) atoms. The normalized spacial score (nSPS) is 19.5. The summed E-state index contributed by atoms with van der Waals surface area (Å²) in [5.74, 6) is 1.91. The van der Waals surface area contributed by atoms with Gasteiger partial charge in [0.2, 0.25) is 0 Å². The van der Waals surface area contributed by atoms with Gasteiger partial charge in [0.05, 0.1) is 24.3 Å². The maximum absolute atomic E-state index is 13.7. The molecule has 1 saturated carbocycles. The molecule has 8 heteroatoms. The van der Waals surface area contributed by atoms with Gasteiger partial charge in [-0.1, -0.05) is 23.8 Å². The number of nitrogens with zero attached hydrogens (tertiary/aromatic N) is 4. The van der Waals surface area contributed by atoms with Crippen LogP contribution in [-0.4, -0.2) is 36.8 Å². The van der Waals surface area contributed by atoms with Gasteiger partial charge >= 0.3 is 0 Å². The molecular formula is C28H27N5O3. The molecule has 3 heterocycles. The number of nitrogens with two attached hydrogens (primary N) is 1. The van der Waals surface area contributed by atoms with E-state index in [1.807, 2.05) is 66.9 Å². The number of benzene rings is 2. The Morgan fingerprint density at radius 2 is 1.89 bits per heavy atom. The van der Waals surface area contributed by atoms with Crippen LogP contribution in [0.15, 0.2) is 65.8 Å². The van der Waals surface area contributed by atoms with Crippen molar-refractivity contribution in [1.82, 2.24) is 18.9 Å². The minimum absolute atomic E-state index is 0.113. The number of ether oxygens (including phenoxy) is 1. The maximum Gasteiger partial charge on any atom is 0.263 e. The van der Waals surface area contributed by atoms with Crippen molar-refractivity contribution in [2.45, 2.75) is 38.2 Å². The lowest BCUT2D eigenvalue weighted by atomic mass is 9.72. The number of methoxy groups -OCH3 is 1. The molecule has 0 spiro atoms. The van der Waals surface area contributed by atoms with Gasteiger partial charge in [-0.25, -0.2) is 9.97 Å². The third-order valence-electron chi connectivity index (χ3n) is 7.13. The van der Waals surface area contributed by atoms with E-state index in [9.17, 15) is 9.90 Å². The monoisotopic (exact) mass is 481 g/mol. The van der Waals surface area contributed by atoms with Crippen molar-refractivity contribution < 1.29 is 9.84 Å². The molecular weight excluding hydrogens is 454 g/mol. The Kier molecular flexibility index (Phi) is 4.91. The maximum atomic E-state index is 13.7. The Bertz CT molecular complexity index is 1690. The average molecular weight is 482 g/mol. The van der Waals surface area contributed by atoms with E-state index < -0.39 is 5.60 Å². The van der Waals surface area contributed by atoms with Crippen LogP contribution in [0.1, 0.15) is 37.1 Å². The minimum Gasteiger partial charge on any atom is -0.495 e. The highest BCUT2D eigenvalue weighted by Crippen LogP contribution is 2.45. The molecule has 5 aromatic rings. The predicted octanol–water partition coefficient (Wildman–Crippen LogP) is 4.23. The second-order valence-corrected chi connectivity index (χ2v) is 9.92. The summed E-state index contributed by atoms with van der Waals surface area (Å²) in [4.78, 5) is 22.9. The number of aromatic nitrogens is 4. The molecule has 1 aliphatic carbocycles. The zero-order valence-corrected chi connectivity index (χ0v) is 20.4. The van der Waals surface area contributed by atoms with Crippen molar-refractivity contribution in [3.05, 3.63) is 82.8 Å². The minimum atomic E-state index is -0.685. The summed E-state index contributed by atoms with van der Waals surface area (Å²) in [6.45, 7) is 3.85. The number of anilines is 1. The van der Waals surface area contributed by atoms with Gasteiger partial charge in [0.1, 0.15) is 28.6 Å². The van der Waals surface area contributed by atoms with Gasteiger partial charge in [0, 0.05) is 34.9 Å². The quantitative estimate of drug-likeness (QED) is 0.398. The number of aryl methyl sites for hydroxylation is 1. The molecule has 0 radical (unpaired) electrons. The van der Waals surface area contributed by atoms with Gasteiger partial charge < -0.3 is 15.6 Å². The van der Waals surface area contributed by atoms with Gasteiger partial charge in [-0.05, 0) is 51.0 Å². The van der Waals surface area contributed by atoms with Crippen molar-refractivity contribution >= 4 is 22.1 Å².